The summed E-state index contributed by atoms with van der Waals surface area (Å²) in [4.78, 5) is 28.9. The van der Waals surface area contributed by atoms with E-state index in [1.54, 1.807) is 22.9 Å². The Kier molecular flexibility index (Phi) is 11.2. The Labute approximate surface area is 282 Å². The second-order valence-electron chi connectivity index (χ2n) is 12.9. The van der Waals surface area contributed by atoms with Crippen LogP contribution in [0, 0.1) is 24.0 Å². The number of aryl methyl sites for hydroxylation is 1. The van der Waals surface area contributed by atoms with Crippen LogP contribution in [0.3, 0.4) is 0 Å². The monoisotopic (exact) mass is 680 g/mol. The predicted octanol–water partition coefficient (Wildman–Crippen LogP) is 2.93. The molecule has 4 aromatic rings. The molecule has 0 bridgehead atoms. The van der Waals surface area contributed by atoms with Gasteiger partial charge in [0.1, 0.15) is 29.9 Å². The lowest BCUT2D eigenvalue weighted by Crippen LogP contribution is -2.43. The van der Waals surface area contributed by atoms with Crippen molar-refractivity contribution < 1.29 is 33.0 Å². The Bertz CT molecular complexity index is 1780. The number of ether oxygens (including phenoxy) is 2. The van der Waals surface area contributed by atoms with Crippen molar-refractivity contribution in [3.05, 3.63) is 88.8 Å². The fourth-order valence-electron chi connectivity index (χ4n) is 6.08. The Morgan fingerprint density at radius 3 is 2.53 bits per heavy atom. The fourth-order valence-corrected chi connectivity index (χ4v) is 6.08. The number of benzene rings is 2. The SMILES string of the molecule is Cc1nn(-c2ccc(C(N)=O)c(NCCOCCOCCNCC(O)(Cn3cncn3)c3ccc(F)cc3F)c2)c2c1C(=O)CC(C)(C)C2. The van der Waals surface area contributed by atoms with Crippen molar-refractivity contribution in [2.75, 3.05) is 51.4 Å². The molecule has 1 unspecified atom stereocenters. The molecule has 1 aliphatic carbocycles. The lowest BCUT2D eigenvalue weighted by molar-refractivity contribution is 0.00856. The van der Waals surface area contributed by atoms with Crippen LogP contribution in [0.1, 0.15) is 57.9 Å². The third-order valence-electron chi connectivity index (χ3n) is 8.33. The molecule has 1 atom stereocenters. The zero-order valence-electron chi connectivity index (χ0n) is 27.8. The third kappa shape index (κ3) is 8.73. The lowest BCUT2D eigenvalue weighted by Gasteiger charge is -2.29. The van der Waals surface area contributed by atoms with E-state index >= 15 is 0 Å². The molecule has 0 aliphatic heterocycles. The number of hydrogen-bond donors (Lipinski definition) is 4. The molecule has 2 heterocycles. The Morgan fingerprint density at radius 2 is 1.84 bits per heavy atom. The zero-order valence-corrected chi connectivity index (χ0v) is 27.8. The largest absolute Gasteiger partial charge is 0.382 e. The van der Waals surface area contributed by atoms with Crippen molar-refractivity contribution in [1.29, 1.82) is 0 Å². The topological polar surface area (TPSA) is 171 Å². The van der Waals surface area contributed by atoms with Gasteiger partial charge in [0.25, 0.3) is 5.91 Å². The molecule has 5 rings (SSSR count). The number of ketones is 1. The van der Waals surface area contributed by atoms with Crippen molar-refractivity contribution >= 4 is 17.4 Å². The van der Waals surface area contributed by atoms with Crippen LogP contribution in [0.2, 0.25) is 0 Å². The highest BCUT2D eigenvalue weighted by atomic mass is 19.1. The van der Waals surface area contributed by atoms with Gasteiger partial charge < -0.3 is 30.9 Å². The number of carbonyl (C=O) groups is 2. The molecule has 0 spiro atoms. The van der Waals surface area contributed by atoms with E-state index in [0.29, 0.717) is 80.6 Å². The molecule has 1 amide bonds. The molecule has 1 aliphatic rings. The maximum absolute atomic E-state index is 14.6. The standard InChI is InChI=1S/C34H42F2N8O5/c1-22-31-29(16-33(2,3)17-30(31)45)44(42-22)24-5-6-25(32(37)46)28(15-24)40-9-11-49-13-12-48-10-8-38-18-34(47,19-43-21-39-20-41-43)26-7-4-23(35)14-27(26)36/h4-7,14-15,20-21,38,40,47H,8-13,16-19H2,1-3H3,(H2,37,46). The van der Waals surface area contributed by atoms with Crippen LogP contribution in [0.5, 0.6) is 0 Å². The molecule has 0 saturated carbocycles. The number of nitrogens with one attached hydrogen (secondary N) is 2. The van der Waals surface area contributed by atoms with Gasteiger partial charge in [0, 0.05) is 43.4 Å². The second kappa shape index (κ2) is 15.3. The molecule has 15 heteroatoms. The molecule has 0 saturated heterocycles. The van der Waals surface area contributed by atoms with E-state index in [9.17, 15) is 23.5 Å². The van der Waals surface area contributed by atoms with Gasteiger partial charge in [-0.3, -0.25) is 9.59 Å². The Balaban J connectivity index is 1.06. The number of halogens is 2. The number of primary amides is 1. The van der Waals surface area contributed by atoms with Crippen LogP contribution >= 0.6 is 0 Å². The van der Waals surface area contributed by atoms with Crippen LogP contribution in [-0.2, 0) is 28.0 Å². The third-order valence-corrected chi connectivity index (χ3v) is 8.33. The predicted molar refractivity (Wildman–Crippen MR) is 177 cm³/mol. The second-order valence-corrected chi connectivity index (χ2v) is 12.9. The van der Waals surface area contributed by atoms with Crippen molar-refractivity contribution in [1.82, 2.24) is 29.9 Å². The number of aliphatic hydroxyl groups is 1. The van der Waals surface area contributed by atoms with Gasteiger partial charge >= 0.3 is 0 Å². The number of amides is 1. The van der Waals surface area contributed by atoms with E-state index < -0.39 is 23.1 Å². The van der Waals surface area contributed by atoms with Gasteiger partial charge in [-0.2, -0.15) is 10.2 Å². The summed E-state index contributed by atoms with van der Waals surface area (Å²) >= 11 is 0. The van der Waals surface area contributed by atoms with Gasteiger partial charge in [0.2, 0.25) is 0 Å². The summed E-state index contributed by atoms with van der Waals surface area (Å²) in [6.07, 6.45) is 3.87. The van der Waals surface area contributed by atoms with Crippen LogP contribution in [-0.4, -0.2) is 87.4 Å². The average Bonchev–Trinajstić information content (AvgIpc) is 3.66. The lowest BCUT2D eigenvalue weighted by atomic mass is 9.75. The summed E-state index contributed by atoms with van der Waals surface area (Å²) in [5.41, 5.74) is 7.45. The summed E-state index contributed by atoms with van der Waals surface area (Å²) in [6, 6.07) is 8.25. The molecule has 0 radical (unpaired) electrons. The number of carbonyl (C=O) groups excluding carboxylic acids is 2. The normalized spacial score (nSPS) is 15.2. The van der Waals surface area contributed by atoms with Crippen molar-refractivity contribution in [2.24, 2.45) is 11.1 Å². The molecule has 5 N–H and O–H groups in total. The van der Waals surface area contributed by atoms with Gasteiger partial charge in [-0.15, -0.1) is 0 Å². The van der Waals surface area contributed by atoms with E-state index in [-0.39, 0.29) is 29.9 Å². The Morgan fingerprint density at radius 1 is 1.08 bits per heavy atom. The molecule has 2 aromatic carbocycles. The maximum Gasteiger partial charge on any atom is 0.250 e. The van der Waals surface area contributed by atoms with Crippen molar-refractivity contribution in [2.45, 2.75) is 45.8 Å². The van der Waals surface area contributed by atoms with E-state index in [2.05, 4.69) is 39.7 Å². The average molecular weight is 681 g/mol. The molecule has 262 valence electrons. The quantitative estimate of drug-likeness (QED) is 0.122. The summed E-state index contributed by atoms with van der Waals surface area (Å²) in [5.74, 6) is -2.09. The first-order chi connectivity index (χ1) is 23.4. The van der Waals surface area contributed by atoms with E-state index in [0.717, 1.165) is 17.8 Å². The van der Waals surface area contributed by atoms with E-state index in [4.69, 9.17) is 15.2 Å². The van der Waals surface area contributed by atoms with E-state index in [1.165, 1.54) is 23.4 Å². The number of fused-ring (bicyclic) bond motifs is 1. The first-order valence-electron chi connectivity index (χ1n) is 16.0. The smallest absolute Gasteiger partial charge is 0.250 e. The Hall–Kier alpha value is -4.57. The van der Waals surface area contributed by atoms with Crippen LogP contribution in [0.25, 0.3) is 5.69 Å². The highest BCUT2D eigenvalue weighted by Crippen LogP contribution is 2.37. The summed E-state index contributed by atoms with van der Waals surface area (Å²) < 4.78 is 42.5. The first-order valence-corrected chi connectivity index (χ1v) is 16.0. The number of aromatic nitrogens is 5. The molecule has 2 aromatic heterocycles. The van der Waals surface area contributed by atoms with Crippen molar-refractivity contribution in [3.63, 3.8) is 0 Å². The molecule has 49 heavy (non-hydrogen) atoms. The van der Waals surface area contributed by atoms with Crippen LogP contribution in [0.4, 0.5) is 14.5 Å². The minimum Gasteiger partial charge on any atom is -0.382 e. The molecule has 13 nitrogen and oxygen atoms in total. The van der Waals surface area contributed by atoms with Gasteiger partial charge in [0.05, 0.1) is 61.2 Å². The summed E-state index contributed by atoms with van der Waals surface area (Å²) in [7, 11) is 0. The minimum atomic E-state index is -1.72. The van der Waals surface area contributed by atoms with Gasteiger partial charge in [-0.25, -0.2) is 23.1 Å². The highest BCUT2D eigenvalue weighted by molar-refractivity contribution is 6.00. The number of nitrogens with two attached hydrogens (primary N) is 1. The zero-order chi connectivity index (χ0) is 35.2. The van der Waals surface area contributed by atoms with Gasteiger partial charge in [-0.05, 0) is 43.0 Å². The first kappa shape index (κ1) is 35.7. The van der Waals surface area contributed by atoms with Gasteiger partial charge in [-0.1, -0.05) is 19.9 Å². The number of hydrogen-bond acceptors (Lipinski definition) is 10. The number of anilines is 1. The van der Waals surface area contributed by atoms with Crippen LogP contribution in [0.15, 0.2) is 49.1 Å². The molecular formula is C34H42F2N8O5. The number of nitrogens with zero attached hydrogens (tertiary/aromatic N) is 5. The minimum absolute atomic E-state index is 0.0476. The number of Topliss-reactive ketones (excluding diaryl/α,β-unsaturated/α-hetero) is 1. The fraction of sp³-hybridized carbons (Fsp3) is 0.441. The molecule has 0 fully saturated rings. The van der Waals surface area contributed by atoms with Crippen LogP contribution < -0.4 is 16.4 Å². The number of rotatable bonds is 17. The summed E-state index contributed by atoms with van der Waals surface area (Å²) in [6.45, 7) is 7.78. The van der Waals surface area contributed by atoms with E-state index in [1.807, 2.05) is 6.92 Å². The van der Waals surface area contributed by atoms with Crippen molar-refractivity contribution in [3.8, 4) is 5.69 Å². The summed E-state index contributed by atoms with van der Waals surface area (Å²) in [5, 5.41) is 26.2. The maximum atomic E-state index is 14.6. The van der Waals surface area contributed by atoms with Gasteiger partial charge in [0.15, 0.2) is 5.78 Å². The molecular weight excluding hydrogens is 638 g/mol. The highest BCUT2D eigenvalue weighted by Gasteiger charge is 2.36.